The lowest BCUT2D eigenvalue weighted by atomic mass is 10.2. The normalized spacial score (nSPS) is 14.8. The highest BCUT2D eigenvalue weighted by molar-refractivity contribution is 7.13. The van der Waals surface area contributed by atoms with Crippen molar-refractivity contribution in [2.24, 2.45) is 0 Å². The molecule has 1 aromatic carbocycles. The Morgan fingerprint density at radius 1 is 1.26 bits per heavy atom. The molecule has 2 amide bonds. The second-order valence-corrected chi connectivity index (χ2v) is 7.71. The molecule has 7 heteroatoms. The number of aromatic nitrogens is 1. The number of nitrogens with zero attached hydrogens (tertiary/aromatic N) is 3. The molecule has 0 aliphatic carbocycles. The predicted octanol–water partition coefficient (Wildman–Crippen LogP) is 4.29. The van der Waals surface area contributed by atoms with Crippen LogP contribution in [0.1, 0.15) is 31.0 Å². The van der Waals surface area contributed by atoms with Gasteiger partial charge in [-0.1, -0.05) is 13.0 Å². The minimum absolute atomic E-state index is 0.0719. The Bertz CT molecular complexity index is 777. The lowest BCUT2D eigenvalue weighted by molar-refractivity contribution is 0.215. The molecule has 0 bridgehead atoms. The summed E-state index contributed by atoms with van der Waals surface area (Å²) >= 11 is 1.67. The summed E-state index contributed by atoms with van der Waals surface area (Å²) in [6.45, 7) is 9.88. The quantitative estimate of drug-likeness (QED) is 0.830. The topological polar surface area (TPSA) is 57.7 Å². The number of thiazole rings is 1. The van der Waals surface area contributed by atoms with Crippen molar-refractivity contribution in [3.05, 3.63) is 34.8 Å². The van der Waals surface area contributed by atoms with Crippen molar-refractivity contribution in [2.45, 2.75) is 33.6 Å². The van der Waals surface area contributed by atoms with Gasteiger partial charge in [-0.25, -0.2) is 9.78 Å². The average molecular weight is 389 g/mol. The maximum absolute atomic E-state index is 12.8. The van der Waals surface area contributed by atoms with Crippen molar-refractivity contribution in [1.82, 2.24) is 9.88 Å². The molecule has 146 valence electrons. The van der Waals surface area contributed by atoms with E-state index in [1.54, 1.807) is 11.3 Å². The second-order valence-electron chi connectivity index (χ2n) is 6.88. The molecule has 1 saturated heterocycles. The molecule has 1 aliphatic rings. The third kappa shape index (κ3) is 5.13. The number of ether oxygens (including phenoxy) is 1. The lowest BCUT2D eigenvalue weighted by Gasteiger charge is -2.23. The van der Waals surface area contributed by atoms with Crippen LogP contribution in [0.2, 0.25) is 0 Å². The molecule has 2 heterocycles. The summed E-state index contributed by atoms with van der Waals surface area (Å²) in [5, 5.41) is 6.15. The maximum atomic E-state index is 12.8. The van der Waals surface area contributed by atoms with Gasteiger partial charge >= 0.3 is 6.03 Å². The Hall–Kier alpha value is -2.28. The maximum Gasteiger partial charge on any atom is 0.322 e. The van der Waals surface area contributed by atoms with E-state index in [9.17, 15) is 4.79 Å². The second kappa shape index (κ2) is 9.08. The molecule has 0 unspecified atom stereocenters. The summed E-state index contributed by atoms with van der Waals surface area (Å²) in [4.78, 5) is 21.5. The zero-order chi connectivity index (χ0) is 19.2. The number of nitrogens with one attached hydrogen (secondary N) is 1. The van der Waals surface area contributed by atoms with E-state index in [2.05, 4.69) is 27.5 Å². The Labute approximate surface area is 165 Å². The van der Waals surface area contributed by atoms with Crippen molar-refractivity contribution < 1.29 is 9.53 Å². The van der Waals surface area contributed by atoms with E-state index in [0.29, 0.717) is 13.2 Å². The van der Waals surface area contributed by atoms with Crippen LogP contribution < -0.4 is 15.0 Å². The monoisotopic (exact) mass is 388 g/mol. The van der Waals surface area contributed by atoms with E-state index < -0.39 is 0 Å². The minimum Gasteiger partial charge on any atom is -0.491 e. The summed E-state index contributed by atoms with van der Waals surface area (Å²) in [6.07, 6.45) is 1.86. The fourth-order valence-electron chi connectivity index (χ4n) is 3.06. The van der Waals surface area contributed by atoms with Gasteiger partial charge in [-0.15, -0.1) is 11.3 Å². The van der Waals surface area contributed by atoms with Gasteiger partial charge in [0.15, 0.2) is 5.13 Å². The van der Waals surface area contributed by atoms with Crippen LogP contribution in [0.25, 0.3) is 0 Å². The third-order valence-corrected chi connectivity index (χ3v) is 5.52. The van der Waals surface area contributed by atoms with Gasteiger partial charge in [0, 0.05) is 31.6 Å². The highest BCUT2D eigenvalue weighted by Crippen LogP contribution is 2.27. The van der Waals surface area contributed by atoms with Crippen LogP contribution >= 0.6 is 11.3 Å². The van der Waals surface area contributed by atoms with E-state index in [1.165, 1.54) is 0 Å². The van der Waals surface area contributed by atoms with Gasteiger partial charge < -0.3 is 19.9 Å². The van der Waals surface area contributed by atoms with Gasteiger partial charge in [0.2, 0.25) is 0 Å². The summed E-state index contributed by atoms with van der Waals surface area (Å²) in [5.41, 5.74) is 2.90. The van der Waals surface area contributed by atoms with Crippen molar-refractivity contribution in [2.75, 3.05) is 43.0 Å². The molecule has 1 aliphatic heterocycles. The molecule has 6 nitrogen and oxygen atoms in total. The Kier molecular flexibility index (Phi) is 6.55. The van der Waals surface area contributed by atoms with Gasteiger partial charge in [-0.05, 0) is 44.4 Å². The molecule has 3 rings (SSSR count). The molecule has 1 N–H and O–H groups in total. The van der Waals surface area contributed by atoms with E-state index in [4.69, 9.17) is 4.74 Å². The molecule has 0 radical (unpaired) electrons. The lowest BCUT2D eigenvalue weighted by Crippen LogP contribution is -2.38. The number of urea groups is 1. The van der Waals surface area contributed by atoms with Crippen LogP contribution in [0.4, 0.5) is 15.6 Å². The van der Waals surface area contributed by atoms with Crippen molar-refractivity contribution >= 4 is 28.2 Å². The van der Waals surface area contributed by atoms with Crippen LogP contribution in [0.15, 0.2) is 23.6 Å². The number of aryl methyl sites for hydroxylation is 2. The first kappa shape index (κ1) is 19.5. The van der Waals surface area contributed by atoms with Crippen LogP contribution in [0.5, 0.6) is 5.75 Å². The Morgan fingerprint density at radius 2 is 2.11 bits per heavy atom. The number of rotatable bonds is 5. The molecule has 1 aromatic heterocycles. The molecular weight excluding hydrogens is 360 g/mol. The average Bonchev–Trinajstić information content (AvgIpc) is 2.93. The summed E-state index contributed by atoms with van der Waals surface area (Å²) < 4.78 is 5.81. The zero-order valence-corrected chi connectivity index (χ0v) is 17.1. The number of benzene rings is 1. The number of anilines is 2. The van der Waals surface area contributed by atoms with E-state index in [-0.39, 0.29) is 6.03 Å². The molecule has 0 spiro atoms. The number of carbonyl (C=O) groups excluding carboxylic acids is 1. The largest absolute Gasteiger partial charge is 0.491 e. The fraction of sp³-hybridized carbons (Fsp3) is 0.500. The van der Waals surface area contributed by atoms with Gasteiger partial charge in [0.1, 0.15) is 5.75 Å². The molecule has 1 fully saturated rings. The standard InChI is InChI=1S/C20H28N4O2S/c1-4-12-26-18-13-15(2)6-7-17(18)22-19(25)23-8-5-9-24(11-10-23)20-21-16(3)14-27-20/h6-7,13-14H,4-5,8-12H2,1-3H3,(H,22,25). The number of hydrogen-bond acceptors (Lipinski definition) is 5. The molecular formula is C20H28N4O2S. The predicted molar refractivity (Wildman–Crippen MR) is 111 cm³/mol. The first-order chi connectivity index (χ1) is 13.1. The first-order valence-corrected chi connectivity index (χ1v) is 10.4. The summed E-state index contributed by atoms with van der Waals surface area (Å²) in [6, 6.07) is 5.81. The molecule has 0 atom stereocenters. The highest BCUT2D eigenvalue weighted by atomic mass is 32.1. The molecule has 27 heavy (non-hydrogen) atoms. The first-order valence-electron chi connectivity index (χ1n) is 9.53. The van der Waals surface area contributed by atoms with E-state index in [1.807, 2.05) is 36.9 Å². The third-order valence-electron chi connectivity index (χ3n) is 4.50. The van der Waals surface area contributed by atoms with Gasteiger partial charge in [0.25, 0.3) is 0 Å². The zero-order valence-electron chi connectivity index (χ0n) is 16.3. The molecule has 2 aromatic rings. The van der Waals surface area contributed by atoms with Gasteiger partial charge in [-0.3, -0.25) is 0 Å². The van der Waals surface area contributed by atoms with Crippen LogP contribution in [0, 0.1) is 13.8 Å². The SMILES string of the molecule is CCCOc1cc(C)ccc1NC(=O)N1CCCN(c2nc(C)cs2)CC1. The van der Waals surface area contributed by atoms with E-state index >= 15 is 0 Å². The Morgan fingerprint density at radius 3 is 2.85 bits per heavy atom. The van der Waals surface area contributed by atoms with Crippen LogP contribution in [0.3, 0.4) is 0 Å². The van der Waals surface area contributed by atoms with Gasteiger partial charge in [0.05, 0.1) is 18.0 Å². The smallest absolute Gasteiger partial charge is 0.322 e. The Balaban J connectivity index is 1.63. The van der Waals surface area contributed by atoms with Crippen molar-refractivity contribution in [3.63, 3.8) is 0 Å². The highest BCUT2D eigenvalue weighted by Gasteiger charge is 2.21. The number of carbonyl (C=O) groups is 1. The summed E-state index contributed by atoms with van der Waals surface area (Å²) in [7, 11) is 0. The fourth-order valence-corrected chi connectivity index (χ4v) is 3.91. The molecule has 0 saturated carbocycles. The number of hydrogen-bond donors (Lipinski definition) is 1. The van der Waals surface area contributed by atoms with Crippen molar-refractivity contribution in [3.8, 4) is 5.75 Å². The van der Waals surface area contributed by atoms with E-state index in [0.717, 1.165) is 60.3 Å². The summed E-state index contributed by atoms with van der Waals surface area (Å²) in [5.74, 6) is 0.736. The van der Waals surface area contributed by atoms with Gasteiger partial charge in [-0.2, -0.15) is 0 Å². The van der Waals surface area contributed by atoms with Crippen LogP contribution in [-0.2, 0) is 0 Å². The minimum atomic E-state index is -0.0719. The number of amides is 2. The van der Waals surface area contributed by atoms with Crippen molar-refractivity contribution in [1.29, 1.82) is 0 Å². The van der Waals surface area contributed by atoms with Crippen LogP contribution in [-0.4, -0.2) is 48.7 Å².